The molecule has 0 bridgehead atoms. The average Bonchev–Trinajstić information content (AvgIpc) is 2.40. The van der Waals surface area contributed by atoms with Crippen molar-refractivity contribution < 1.29 is 14.3 Å². The Hall–Kier alpha value is -1.23. The summed E-state index contributed by atoms with van der Waals surface area (Å²) in [5.74, 6) is 0.408. The van der Waals surface area contributed by atoms with Crippen LogP contribution in [0.15, 0.2) is 21.8 Å². The van der Waals surface area contributed by atoms with Crippen LogP contribution in [0.25, 0.3) is 0 Å². The number of carboxylic acids is 1. The molecule has 0 fully saturated rings. The highest BCUT2D eigenvalue weighted by atomic mass is 32.2. The second kappa shape index (κ2) is 4.85. The predicted molar refractivity (Wildman–Crippen MR) is 53.5 cm³/mol. The molecule has 4 nitrogen and oxygen atoms in total. The lowest BCUT2D eigenvalue weighted by Crippen LogP contribution is -1.86. The first-order valence-electron chi connectivity index (χ1n) is 4.06. The number of aryl methyl sites for hydroxylation is 2. The van der Waals surface area contributed by atoms with E-state index in [0.29, 0.717) is 11.0 Å². The second-order valence-corrected chi connectivity index (χ2v) is 3.64. The number of hydrogen-bond donors (Lipinski definition) is 1. The summed E-state index contributed by atoms with van der Waals surface area (Å²) in [6.07, 6.45) is 2.66. The molecule has 0 spiro atoms. The van der Waals surface area contributed by atoms with Gasteiger partial charge in [0.15, 0.2) is 0 Å². The molecule has 0 radical (unpaired) electrons. The maximum absolute atomic E-state index is 10.1. The van der Waals surface area contributed by atoms with Gasteiger partial charge < -0.3 is 9.52 Å². The molecule has 0 aliphatic heterocycles. The van der Waals surface area contributed by atoms with E-state index in [2.05, 4.69) is 4.98 Å². The molecule has 1 rings (SSSR count). The highest BCUT2D eigenvalue weighted by Gasteiger charge is 2.04. The number of aliphatic carboxylic acids is 1. The van der Waals surface area contributed by atoms with E-state index in [1.54, 1.807) is 6.08 Å². The number of rotatable bonds is 4. The number of carbonyl (C=O) groups is 1. The lowest BCUT2D eigenvalue weighted by Gasteiger charge is -1.88. The van der Waals surface area contributed by atoms with E-state index >= 15 is 0 Å². The first-order chi connectivity index (χ1) is 6.59. The van der Waals surface area contributed by atoms with E-state index in [-0.39, 0.29) is 0 Å². The van der Waals surface area contributed by atoms with Crippen LogP contribution in [0.3, 0.4) is 0 Å². The summed E-state index contributed by atoms with van der Waals surface area (Å²) >= 11 is 1.37. The number of oxazole rings is 1. The SMILES string of the molecule is Cc1nc(SC/C=C/C(=O)O)oc1C. The molecule has 0 aliphatic rings. The van der Waals surface area contributed by atoms with Crippen molar-refractivity contribution in [3.8, 4) is 0 Å². The first kappa shape index (κ1) is 10.8. The molecule has 0 aromatic carbocycles. The largest absolute Gasteiger partial charge is 0.478 e. The molecule has 0 amide bonds. The summed E-state index contributed by atoms with van der Waals surface area (Å²) in [6, 6.07) is 0. The van der Waals surface area contributed by atoms with Gasteiger partial charge in [0.25, 0.3) is 5.22 Å². The van der Waals surface area contributed by atoms with E-state index in [9.17, 15) is 4.79 Å². The fraction of sp³-hybridized carbons (Fsp3) is 0.333. The fourth-order valence-corrected chi connectivity index (χ4v) is 1.49. The van der Waals surface area contributed by atoms with Crippen molar-refractivity contribution in [1.82, 2.24) is 4.98 Å². The van der Waals surface area contributed by atoms with Crippen LogP contribution < -0.4 is 0 Å². The summed E-state index contributed by atoms with van der Waals surface area (Å²) < 4.78 is 5.29. The van der Waals surface area contributed by atoms with E-state index in [4.69, 9.17) is 9.52 Å². The van der Waals surface area contributed by atoms with Crippen LogP contribution in [0.1, 0.15) is 11.5 Å². The average molecular weight is 213 g/mol. The molecule has 0 unspecified atom stereocenters. The van der Waals surface area contributed by atoms with Crippen molar-refractivity contribution in [2.45, 2.75) is 19.1 Å². The third-order valence-electron chi connectivity index (χ3n) is 1.57. The predicted octanol–water partition coefficient (Wildman–Crippen LogP) is 2.02. The maximum Gasteiger partial charge on any atom is 0.328 e. The van der Waals surface area contributed by atoms with Crippen molar-refractivity contribution in [1.29, 1.82) is 0 Å². The molecule has 1 aromatic heterocycles. The Kier molecular flexibility index (Phi) is 3.76. The molecule has 1 aromatic rings. The molecule has 0 saturated carbocycles. The zero-order valence-corrected chi connectivity index (χ0v) is 8.80. The van der Waals surface area contributed by atoms with Crippen LogP contribution >= 0.6 is 11.8 Å². The fourth-order valence-electron chi connectivity index (χ4n) is 0.773. The molecule has 0 saturated heterocycles. The van der Waals surface area contributed by atoms with Gasteiger partial charge in [0.05, 0.1) is 5.69 Å². The highest BCUT2D eigenvalue weighted by Crippen LogP contribution is 2.19. The molecule has 14 heavy (non-hydrogen) atoms. The molecule has 0 aliphatic carbocycles. The van der Waals surface area contributed by atoms with E-state index in [1.165, 1.54) is 11.8 Å². The van der Waals surface area contributed by atoms with Gasteiger partial charge in [-0.3, -0.25) is 0 Å². The topological polar surface area (TPSA) is 63.3 Å². The smallest absolute Gasteiger partial charge is 0.328 e. The zero-order valence-electron chi connectivity index (χ0n) is 7.98. The molecular formula is C9H11NO3S. The van der Waals surface area contributed by atoms with Gasteiger partial charge in [0, 0.05) is 11.8 Å². The third kappa shape index (κ3) is 3.26. The Morgan fingerprint density at radius 3 is 2.86 bits per heavy atom. The first-order valence-corrected chi connectivity index (χ1v) is 5.04. The summed E-state index contributed by atoms with van der Waals surface area (Å²) in [7, 11) is 0. The van der Waals surface area contributed by atoms with Crippen LogP contribution in [0, 0.1) is 13.8 Å². The zero-order chi connectivity index (χ0) is 10.6. The Labute approximate surface area is 86.0 Å². The monoisotopic (exact) mass is 213 g/mol. The van der Waals surface area contributed by atoms with Crippen molar-refractivity contribution in [2.75, 3.05) is 5.75 Å². The lowest BCUT2D eigenvalue weighted by molar-refractivity contribution is -0.131. The Bertz CT molecular complexity index is 337. The molecule has 0 atom stereocenters. The van der Waals surface area contributed by atoms with E-state index in [1.807, 2.05) is 13.8 Å². The van der Waals surface area contributed by atoms with Gasteiger partial charge in [-0.25, -0.2) is 9.78 Å². The minimum Gasteiger partial charge on any atom is -0.478 e. The number of nitrogens with zero attached hydrogens (tertiary/aromatic N) is 1. The minimum absolute atomic E-state index is 0.547. The lowest BCUT2D eigenvalue weighted by atomic mass is 10.4. The van der Waals surface area contributed by atoms with Gasteiger partial charge in [0.2, 0.25) is 0 Å². The van der Waals surface area contributed by atoms with Crippen molar-refractivity contribution in [3.05, 3.63) is 23.6 Å². The second-order valence-electron chi connectivity index (χ2n) is 2.67. The van der Waals surface area contributed by atoms with Gasteiger partial charge >= 0.3 is 5.97 Å². The summed E-state index contributed by atoms with van der Waals surface area (Å²) in [5, 5.41) is 8.90. The third-order valence-corrected chi connectivity index (χ3v) is 2.35. The molecule has 1 N–H and O–H groups in total. The van der Waals surface area contributed by atoms with Gasteiger partial charge in [-0.05, 0) is 13.8 Å². The Morgan fingerprint density at radius 1 is 1.64 bits per heavy atom. The summed E-state index contributed by atoms with van der Waals surface area (Å²) in [5.41, 5.74) is 0.870. The van der Waals surface area contributed by atoms with Gasteiger partial charge in [0.1, 0.15) is 5.76 Å². The van der Waals surface area contributed by atoms with Gasteiger partial charge in [-0.15, -0.1) is 0 Å². The maximum atomic E-state index is 10.1. The normalized spacial score (nSPS) is 11.0. The quantitative estimate of drug-likeness (QED) is 0.612. The van der Waals surface area contributed by atoms with Crippen molar-refractivity contribution >= 4 is 17.7 Å². The molecule has 76 valence electrons. The van der Waals surface area contributed by atoms with Crippen LogP contribution in [-0.4, -0.2) is 21.8 Å². The highest BCUT2D eigenvalue weighted by molar-refractivity contribution is 7.99. The number of carboxylic acid groups (broad SMARTS) is 1. The standard InChI is InChI=1S/C9H11NO3S/c1-6-7(2)13-9(10-6)14-5-3-4-8(11)12/h3-4H,5H2,1-2H3,(H,11,12)/b4-3+. The number of aromatic nitrogens is 1. The van der Waals surface area contributed by atoms with Crippen molar-refractivity contribution in [3.63, 3.8) is 0 Å². The number of hydrogen-bond acceptors (Lipinski definition) is 4. The molecule has 1 heterocycles. The Morgan fingerprint density at radius 2 is 2.36 bits per heavy atom. The van der Waals surface area contributed by atoms with Gasteiger partial charge in [-0.1, -0.05) is 17.8 Å². The summed E-state index contributed by atoms with van der Waals surface area (Å²) in [6.45, 7) is 3.72. The van der Waals surface area contributed by atoms with Crippen LogP contribution in [0.5, 0.6) is 0 Å². The van der Waals surface area contributed by atoms with Gasteiger partial charge in [-0.2, -0.15) is 0 Å². The number of thioether (sulfide) groups is 1. The minimum atomic E-state index is -0.939. The molecular weight excluding hydrogens is 202 g/mol. The Balaban J connectivity index is 2.42. The van der Waals surface area contributed by atoms with Crippen molar-refractivity contribution in [2.24, 2.45) is 0 Å². The van der Waals surface area contributed by atoms with E-state index < -0.39 is 5.97 Å². The van der Waals surface area contributed by atoms with Crippen LogP contribution in [-0.2, 0) is 4.79 Å². The molecule has 5 heteroatoms. The van der Waals surface area contributed by atoms with Crippen LogP contribution in [0.4, 0.5) is 0 Å². The van der Waals surface area contributed by atoms with Crippen LogP contribution in [0.2, 0.25) is 0 Å². The van der Waals surface area contributed by atoms with E-state index in [0.717, 1.165) is 17.5 Å². The summed E-state index contributed by atoms with van der Waals surface area (Å²) in [4.78, 5) is 14.3.